The van der Waals surface area contributed by atoms with Crippen molar-refractivity contribution in [3.63, 3.8) is 0 Å². The van der Waals surface area contributed by atoms with Gasteiger partial charge in [0.05, 0.1) is 0 Å². The SMILES string of the molecule is CC(=O)NS(=O)(=O)CN1/C(=C/c2[se]c3ccc4ccoc4c3[n+]2CCCS(=O)(=O)O)Sc2ccc(C#N)cc21. The van der Waals surface area contributed by atoms with Gasteiger partial charge in [-0.05, 0) is 0 Å². The summed E-state index contributed by atoms with van der Waals surface area (Å²) >= 11 is 1.09. The molecule has 15 heteroatoms. The molecule has 0 unspecified atom stereocenters. The van der Waals surface area contributed by atoms with Crippen LogP contribution in [0.15, 0.2) is 57.0 Å². The number of nitrogens with one attached hydrogen (secondary N) is 1. The van der Waals surface area contributed by atoms with Gasteiger partial charge in [0.1, 0.15) is 0 Å². The van der Waals surface area contributed by atoms with Gasteiger partial charge in [-0.1, -0.05) is 0 Å². The first-order chi connectivity index (χ1) is 18.4. The zero-order chi connectivity index (χ0) is 27.9. The summed E-state index contributed by atoms with van der Waals surface area (Å²) in [7, 11) is -8.21. The molecule has 0 aliphatic carbocycles. The van der Waals surface area contributed by atoms with E-state index in [0.29, 0.717) is 21.9 Å². The summed E-state index contributed by atoms with van der Waals surface area (Å²) < 4.78 is 69.1. The van der Waals surface area contributed by atoms with Gasteiger partial charge in [0.25, 0.3) is 0 Å². The molecule has 0 atom stereocenters. The molecule has 1 amide bonds. The van der Waals surface area contributed by atoms with Gasteiger partial charge in [-0.3, -0.25) is 0 Å². The van der Waals surface area contributed by atoms with Crippen LogP contribution >= 0.6 is 11.8 Å². The number of nitriles is 1. The number of rotatable bonds is 8. The van der Waals surface area contributed by atoms with Crippen molar-refractivity contribution in [3.8, 4) is 6.07 Å². The molecule has 11 nitrogen and oxygen atoms in total. The summed E-state index contributed by atoms with van der Waals surface area (Å²) in [5, 5.41) is 10.8. The van der Waals surface area contributed by atoms with Gasteiger partial charge in [0.2, 0.25) is 0 Å². The molecular formula is C24H21N4O7S3Se+. The molecule has 39 heavy (non-hydrogen) atoms. The minimum atomic E-state index is -4.16. The van der Waals surface area contributed by atoms with Gasteiger partial charge in [0.15, 0.2) is 0 Å². The van der Waals surface area contributed by atoms with E-state index >= 15 is 0 Å². The topological polar surface area (TPSA) is 162 Å². The Morgan fingerprint density at radius 1 is 1.26 bits per heavy atom. The zero-order valence-electron chi connectivity index (χ0n) is 20.3. The molecule has 5 rings (SSSR count). The Bertz CT molecular complexity index is 1920. The van der Waals surface area contributed by atoms with Crippen molar-refractivity contribution in [3.05, 3.63) is 57.8 Å². The van der Waals surface area contributed by atoms with Crippen LogP contribution < -0.4 is 14.2 Å². The van der Waals surface area contributed by atoms with Crippen molar-refractivity contribution in [2.24, 2.45) is 0 Å². The molecule has 0 radical (unpaired) electrons. The van der Waals surface area contributed by atoms with Crippen LogP contribution in [0.25, 0.3) is 26.8 Å². The number of benzene rings is 2. The number of fused-ring (bicyclic) bond motifs is 4. The number of carbonyl (C=O) groups excluding carboxylic acids is 1. The number of hydrogen-bond donors (Lipinski definition) is 2. The van der Waals surface area contributed by atoms with Gasteiger partial charge in [-0.15, -0.1) is 0 Å². The maximum atomic E-state index is 12.8. The summed E-state index contributed by atoms with van der Waals surface area (Å²) in [4.78, 5) is 13.8. The summed E-state index contributed by atoms with van der Waals surface area (Å²) in [5.41, 5.74) is 2.34. The normalized spacial score (nSPS) is 14.7. The number of aromatic nitrogens is 1. The second kappa shape index (κ2) is 10.5. The Hall–Kier alpha value is -3.12. The van der Waals surface area contributed by atoms with Crippen LogP contribution in [0.1, 0.15) is 23.5 Å². The number of amides is 1. The molecule has 0 bridgehead atoms. The predicted molar refractivity (Wildman–Crippen MR) is 147 cm³/mol. The Balaban J connectivity index is 1.64. The molecule has 4 aromatic rings. The monoisotopic (exact) mass is 653 g/mol. The molecule has 0 spiro atoms. The first-order valence-corrected chi connectivity index (χ1v) is 17.2. The van der Waals surface area contributed by atoms with Crippen molar-refractivity contribution in [2.45, 2.75) is 24.8 Å². The molecule has 202 valence electrons. The Morgan fingerprint density at radius 3 is 2.77 bits per heavy atom. The summed E-state index contributed by atoms with van der Waals surface area (Å²) in [6.07, 6.45) is 3.58. The standard InChI is InChI=1S/C24H20N4O7S3Se/c1-15(29)26-37(30,31)14-28-18-11-16(13-25)3-5-19(18)36-21(28)12-22-27(8-2-10-38(32,33)34)23-20(39-22)6-4-17-7-9-35-24(17)23/h3-7,9,11-12H,2,8,10,14H2,1H3,(H-,26,29,32,33,34)/p+1. The molecule has 1 aliphatic heterocycles. The van der Waals surface area contributed by atoms with Crippen LogP contribution in [0.5, 0.6) is 0 Å². The van der Waals surface area contributed by atoms with Crippen LogP contribution in [0.3, 0.4) is 0 Å². The van der Waals surface area contributed by atoms with E-state index in [2.05, 4.69) is 6.07 Å². The number of nitrogens with zero attached hydrogens (tertiary/aromatic N) is 3. The van der Waals surface area contributed by atoms with Crippen LogP contribution in [0.4, 0.5) is 5.69 Å². The third-order valence-electron chi connectivity index (χ3n) is 5.80. The summed E-state index contributed by atoms with van der Waals surface area (Å²) in [5.74, 6) is -1.68. The molecule has 2 N–H and O–H groups in total. The molecule has 0 saturated carbocycles. The second-order valence-electron chi connectivity index (χ2n) is 8.69. The van der Waals surface area contributed by atoms with E-state index in [-0.39, 0.29) is 27.5 Å². The van der Waals surface area contributed by atoms with Crippen LogP contribution in [0.2, 0.25) is 0 Å². The Labute approximate surface area is 234 Å². The van der Waals surface area contributed by atoms with Crippen LogP contribution in [0, 0.1) is 11.3 Å². The van der Waals surface area contributed by atoms with E-state index < -0.39 is 37.7 Å². The number of thioether (sulfide) groups is 1. The Morgan fingerprint density at radius 2 is 2.05 bits per heavy atom. The fourth-order valence-corrected chi connectivity index (χ4v) is 9.59. The van der Waals surface area contributed by atoms with Crippen molar-refractivity contribution in [1.29, 1.82) is 5.26 Å². The van der Waals surface area contributed by atoms with Crippen LogP contribution in [-0.4, -0.2) is 53.4 Å². The van der Waals surface area contributed by atoms with Gasteiger partial charge in [-0.25, -0.2) is 0 Å². The van der Waals surface area contributed by atoms with Gasteiger partial charge in [0, 0.05) is 0 Å². The zero-order valence-corrected chi connectivity index (χ0v) is 24.5. The second-order valence-corrected chi connectivity index (χ2v) is 15.2. The number of furan rings is 1. The molecule has 2 aromatic carbocycles. The number of anilines is 1. The fraction of sp³-hybridized carbons (Fsp3) is 0.208. The van der Waals surface area contributed by atoms with E-state index in [1.165, 1.54) is 16.7 Å². The Kier molecular flexibility index (Phi) is 7.36. The first kappa shape index (κ1) is 27.4. The number of carbonyl (C=O) groups is 1. The van der Waals surface area contributed by atoms with E-state index in [1.807, 2.05) is 33.6 Å². The van der Waals surface area contributed by atoms with Crippen molar-refractivity contribution in [2.75, 3.05) is 16.5 Å². The molecule has 0 saturated heterocycles. The third kappa shape index (κ3) is 5.91. The molecule has 2 aromatic heterocycles. The maximum absolute atomic E-state index is 12.8. The number of hydrogen-bond acceptors (Lipinski definition) is 9. The van der Waals surface area contributed by atoms with E-state index in [1.54, 1.807) is 24.5 Å². The third-order valence-corrected chi connectivity index (χ3v) is 11.2. The van der Waals surface area contributed by atoms with E-state index in [9.17, 15) is 31.4 Å². The number of aryl methyl sites for hydroxylation is 1. The quantitative estimate of drug-likeness (QED) is 0.164. The van der Waals surface area contributed by atoms with Crippen molar-refractivity contribution < 1.29 is 35.2 Å². The average molecular weight is 653 g/mol. The fourth-order valence-electron chi connectivity index (χ4n) is 4.29. The minimum absolute atomic E-state index is 0.150. The van der Waals surface area contributed by atoms with E-state index in [0.717, 1.165) is 31.6 Å². The molecule has 3 heterocycles. The van der Waals surface area contributed by atoms with Crippen molar-refractivity contribution in [1.82, 2.24) is 4.72 Å². The summed E-state index contributed by atoms with van der Waals surface area (Å²) in [6.45, 7) is 1.39. The van der Waals surface area contributed by atoms with Gasteiger partial charge < -0.3 is 0 Å². The van der Waals surface area contributed by atoms with E-state index in [4.69, 9.17) is 4.42 Å². The average Bonchev–Trinajstić information content (AvgIpc) is 3.53. The predicted octanol–water partition coefficient (Wildman–Crippen LogP) is 2.41. The first-order valence-electron chi connectivity index (χ1n) is 11.4. The molecule has 0 fully saturated rings. The number of sulfonamides is 1. The van der Waals surface area contributed by atoms with Gasteiger partial charge >= 0.3 is 235 Å². The molecular weight excluding hydrogens is 631 g/mol. The van der Waals surface area contributed by atoms with Gasteiger partial charge in [-0.2, -0.15) is 0 Å². The molecule has 1 aliphatic rings. The van der Waals surface area contributed by atoms with Crippen LogP contribution in [-0.2, 0) is 31.5 Å². The summed E-state index contributed by atoms with van der Waals surface area (Å²) in [6, 6.07) is 12.8. The van der Waals surface area contributed by atoms with Crippen molar-refractivity contribution >= 4 is 84.8 Å².